The van der Waals surface area contributed by atoms with E-state index in [1.165, 1.54) is 25.3 Å². The molecule has 0 aliphatic carbocycles. The van der Waals surface area contributed by atoms with Crippen LogP contribution in [0.25, 0.3) is 0 Å². The highest BCUT2D eigenvalue weighted by molar-refractivity contribution is 9.10. The quantitative estimate of drug-likeness (QED) is 0.824. The molecule has 0 aromatic heterocycles. The van der Waals surface area contributed by atoms with Crippen LogP contribution in [0.4, 0.5) is 4.39 Å². The number of nitrogens with one attached hydrogen (secondary N) is 1. The summed E-state index contributed by atoms with van der Waals surface area (Å²) in [5.41, 5.74) is 0.976. The number of carbonyl (C=O) groups excluding carboxylic acids is 1. The van der Waals surface area contributed by atoms with E-state index in [4.69, 9.17) is 16.3 Å². The van der Waals surface area contributed by atoms with Gasteiger partial charge < -0.3 is 10.1 Å². The first-order valence-electron chi connectivity index (χ1n) is 6.51. The highest BCUT2D eigenvalue weighted by Crippen LogP contribution is 2.27. The van der Waals surface area contributed by atoms with E-state index in [1.54, 1.807) is 25.1 Å². The lowest BCUT2D eigenvalue weighted by Crippen LogP contribution is -2.27. The lowest BCUT2D eigenvalue weighted by atomic mass is 10.1. The van der Waals surface area contributed by atoms with Gasteiger partial charge in [0.1, 0.15) is 11.6 Å². The minimum atomic E-state index is -0.427. The molecule has 6 heteroatoms. The smallest absolute Gasteiger partial charge is 0.252 e. The molecule has 22 heavy (non-hydrogen) atoms. The van der Waals surface area contributed by atoms with Crippen LogP contribution < -0.4 is 10.1 Å². The summed E-state index contributed by atoms with van der Waals surface area (Å²) in [5.74, 6) is -0.187. The minimum Gasteiger partial charge on any atom is -0.496 e. The van der Waals surface area contributed by atoms with Gasteiger partial charge in [-0.05, 0) is 59.3 Å². The number of methoxy groups -OCH3 is 1. The lowest BCUT2D eigenvalue weighted by Gasteiger charge is -2.18. The SMILES string of the molecule is COc1ccc(F)cc1C(C)NC(=O)c1cc(Cl)ccc1Br. The van der Waals surface area contributed by atoms with Gasteiger partial charge in [0.15, 0.2) is 0 Å². The number of rotatable bonds is 4. The van der Waals surface area contributed by atoms with Crippen LogP contribution in [0.2, 0.25) is 5.02 Å². The fourth-order valence-corrected chi connectivity index (χ4v) is 2.67. The molecule has 2 rings (SSSR count). The Labute approximate surface area is 141 Å². The molecule has 1 atom stereocenters. The van der Waals surface area contributed by atoms with Gasteiger partial charge in [-0.3, -0.25) is 4.79 Å². The second kappa shape index (κ2) is 7.11. The number of ether oxygens (including phenoxy) is 1. The molecule has 0 fully saturated rings. The second-order valence-electron chi connectivity index (χ2n) is 4.71. The fraction of sp³-hybridized carbons (Fsp3) is 0.188. The molecule has 1 N–H and O–H groups in total. The zero-order chi connectivity index (χ0) is 16.3. The van der Waals surface area contributed by atoms with Crippen LogP contribution in [0.5, 0.6) is 5.75 Å². The summed E-state index contributed by atoms with van der Waals surface area (Å²) < 4.78 is 19.3. The summed E-state index contributed by atoms with van der Waals surface area (Å²) >= 11 is 9.23. The summed E-state index contributed by atoms with van der Waals surface area (Å²) in [6.45, 7) is 1.76. The normalized spacial score (nSPS) is 11.9. The monoisotopic (exact) mass is 385 g/mol. The molecule has 0 saturated carbocycles. The van der Waals surface area contributed by atoms with Crippen LogP contribution in [-0.4, -0.2) is 13.0 Å². The van der Waals surface area contributed by atoms with Gasteiger partial charge in [-0.25, -0.2) is 4.39 Å². The zero-order valence-electron chi connectivity index (χ0n) is 12.0. The molecule has 1 amide bonds. The Balaban J connectivity index is 2.25. The Morgan fingerprint density at radius 1 is 1.32 bits per heavy atom. The first-order valence-corrected chi connectivity index (χ1v) is 7.69. The Bertz CT molecular complexity index is 709. The van der Waals surface area contributed by atoms with Crippen molar-refractivity contribution in [2.24, 2.45) is 0 Å². The third-order valence-corrected chi connectivity index (χ3v) is 4.11. The molecule has 0 aliphatic heterocycles. The molecule has 0 aliphatic rings. The number of carbonyl (C=O) groups is 1. The van der Waals surface area contributed by atoms with Gasteiger partial charge in [0.25, 0.3) is 5.91 Å². The van der Waals surface area contributed by atoms with Crippen molar-refractivity contribution in [3.05, 3.63) is 62.8 Å². The van der Waals surface area contributed by atoms with Crippen molar-refractivity contribution in [3.8, 4) is 5.75 Å². The topological polar surface area (TPSA) is 38.3 Å². The number of hydrogen-bond donors (Lipinski definition) is 1. The third-order valence-electron chi connectivity index (χ3n) is 3.18. The lowest BCUT2D eigenvalue weighted by molar-refractivity contribution is 0.0938. The first-order chi connectivity index (χ1) is 10.4. The Morgan fingerprint density at radius 2 is 2.05 bits per heavy atom. The van der Waals surface area contributed by atoms with Gasteiger partial charge in [0, 0.05) is 15.1 Å². The number of hydrogen-bond acceptors (Lipinski definition) is 2. The van der Waals surface area contributed by atoms with Crippen LogP contribution in [0, 0.1) is 5.82 Å². The van der Waals surface area contributed by atoms with E-state index in [0.717, 1.165) is 0 Å². The van der Waals surface area contributed by atoms with Crippen molar-refractivity contribution < 1.29 is 13.9 Å². The number of benzene rings is 2. The molecule has 3 nitrogen and oxygen atoms in total. The maximum absolute atomic E-state index is 13.4. The number of halogens is 3. The second-order valence-corrected chi connectivity index (χ2v) is 6.00. The van der Waals surface area contributed by atoms with Crippen LogP contribution in [-0.2, 0) is 0 Å². The average molecular weight is 387 g/mol. The van der Waals surface area contributed by atoms with E-state index < -0.39 is 6.04 Å². The van der Waals surface area contributed by atoms with Crippen molar-refractivity contribution in [3.63, 3.8) is 0 Å². The third kappa shape index (κ3) is 3.78. The Hall–Kier alpha value is -1.59. The first kappa shape index (κ1) is 16.8. The van der Waals surface area contributed by atoms with Gasteiger partial charge in [-0.15, -0.1) is 0 Å². The van der Waals surface area contributed by atoms with E-state index >= 15 is 0 Å². The van der Waals surface area contributed by atoms with Gasteiger partial charge in [-0.2, -0.15) is 0 Å². The maximum atomic E-state index is 13.4. The van der Waals surface area contributed by atoms with E-state index in [-0.39, 0.29) is 11.7 Å². The average Bonchev–Trinajstić information content (AvgIpc) is 2.49. The van der Waals surface area contributed by atoms with Gasteiger partial charge in [0.05, 0.1) is 18.7 Å². The molecule has 0 radical (unpaired) electrons. The minimum absolute atomic E-state index is 0.312. The van der Waals surface area contributed by atoms with Crippen molar-refractivity contribution in [1.82, 2.24) is 5.32 Å². The molecule has 116 valence electrons. The predicted molar refractivity (Wildman–Crippen MR) is 88.0 cm³/mol. The largest absolute Gasteiger partial charge is 0.496 e. The zero-order valence-corrected chi connectivity index (χ0v) is 14.3. The predicted octanol–water partition coefficient (Wildman–Crippen LogP) is 4.74. The van der Waals surface area contributed by atoms with E-state index in [1.807, 2.05) is 0 Å². The van der Waals surface area contributed by atoms with Gasteiger partial charge >= 0.3 is 0 Å². The summed E-state index contributed by atoms with van der Waals surface area (Å²) in [7, 11) is 1.50. The fourth-order valence-electron chi connectivity index (χ4n) is 2.07. The van der Waals surface area contributed by atoms with E-state index in [0.29, 0.717) is 26.4 Å². The van der Waals surface area contributed by atoms with Crippen LogP contribution in [0.3, 0.4) is 0 Å². The van der Waals surface area contributed by atoms with E-state index in [2.05, 4.69) is 21.2 Å². The molecule has 0 bridgehead atoms. The molecule has 0 spiro atoms. The summed E-state index contributed by atoms with van der Waals surface area (Å²) in [6, 6.07) is 8.70. The molecule has 2 aromatic carbocycles. The van der Waals surface area contributed by atoms with Crippen LogP contribution in [0.15, 0.2) is 40.9 Å². The van der Waals surface area contributed by atoms with Crippen molar-refractivity contribution >= 4 is 33.4 Å². The van der Waals surface area contributed by atoms with Crippen LogP contribution in [0.1, 0.15) is 28.9 Å². The molecule has 0 heterocycles. The van der Waals surface area contributed by atoms with Gasteiger partial charge in [0.2, 0.25) is 0 Å². The highest BCUT2D eigenvalue weighted by atomic mass is 79.9. The number of amides is 1. The van der Waals surface area contributed by atoms with Crippen LogP contribution >= 0.6 is 27.5 Å². The maximum Gasteiger partial charge on any atom is 0.252 e. The van der Waals surface area contributed by atoms with Crippen molar-refractivity contribution in [2.75, 3.05) is 7.11 Å². The molecule has 0 saturated heterocycles. The Morgan fingerprint density at radius 3 is 2.73 bits per heavy atom. The molecule has 1 unspecified atom stereocenters. The summed E-state index contributed by atoms with van der Waals surface area (Å²) in [5, 5.41) is 3.27. The Kier molecular flexibility index (Phi) is 5.42. The standard InChI is InChI=1S/C16H14BrClFNO2/c1-9(12-8-11(19)4-6-15(12)22-2)20-16(21)13-7-10(18)3-5-14(13)17/h3-9H,1-2H3,(H,20,21). The van der Waals surface area contributed by atoms with Crippen molar-refractivity contribution in [2.45, 2.75) is 13.0 Å². The summed E-state index contributed by atoms with van der Waals surface area (Å²) in [6.07, 6.45) is 0. The van der Waals surface area contributed by atoms with Crippen molar-refractivity contribution in [1.29, 1.82) is 0 Å². The van der Waals surface area contributed by atoms with Gasteiger partial charge in [-0.1, -0.05) is 11.6 Å². The molecule has 2 aromatic rings. The molecular weight excluding hydrogens is 373 g/mol. The van der Waals surface area contributed by atoms with E-state index in [9.17, 15) is 9.18 Å². The highest BCUT2D eigenvalue weighted by Gasteiger charge is 2.17. The summed E-state index contributed by atoms with van der Waals surface area (Å²) in [4.78, 5) is 12.4. The molecular formula is C16H14BrClFNO2.